The summed E-state index contributed by atoms with van der Waals surface area (Å²) in [4.78, 5) is 12.9. The Labute approximate surface area is 117 Å². The number of hydrogen-bond acceptors (Lipinski definition) is 5. The van der Waals surface area contributed by atoms with Crippen LogP contribution in [0.15, 0.2) is 21.6 Å². The first-order valence-corrected chi connectivity index (χ1v) is 7.96. The minimum absolute atomic E-state index is 0.277. The van der Waals surface area contributed by atoms with E-state index in [9.17, 15) is 13.2 Å². The van der Waals surface area contributed by atoms with Gasteiger partial charge in [0.2, 0.25) is 10.9 Å². The van der Waals surface area contributed by atoms with Gasteiger partial charge in [-0.05, 0) is 37.6 Å². The molecule has 1 aromatic heterocycles. The third-order valence-corrected chi connectivity index (χ3v) is 4.73. The van der Waals surface area contributed by atoms with Crippen molar-refractivity contribution in [1.29, 1.82) is 0 Å². The molecular formula is C12H18N2O5S. The molecular weight excluding hydrogens is 284 g/mol. The summed E-state index contributed by atoms with van der Waals surface area (Å²) in [7, 11) is -3.78. The number of nitrogens with one attached hydrogen (secondary N) is 1. The van der Waals surface area contributed by atoms with Crippen LogP contribution in [0.4, 0.5) is 0 Å². The number of carboxylic acids is 1. The van der Waals surface area contributed by atoms with E-state index in [0.717, 1.165) is 38.2 Å². The van der Waals surface area contributed by atoms with Crippen molar-refractivity contribution in [2.75, 3.05) is 26.2 Å². The molecule has 1 aliphatic heterocycles. The molecule has 0 spiro atoms. The fourth-order valence-electron chi connectivity index (χ4n) is 2.24. The third-order valence-electron chi connectivity index (χ3n) is 3.44. The number of sulfonamides is 1. The second kappa shape index (κ2) is 5.94. The molecule has 112 valence electrons. The topological polar surface area (TPSA) is 99.9 Å². The number of aromatic carboxylic acids is 1. The highest BCUT2D eigenvalue weighted by Crippen LogP contribution is 2.17. The van der Waals surface area contributed by atoms with Gasteiger partial charge in [0.25, 0.3) is 10.0 Å². The van der Waals surface area contributed by atoms with E-state index < -0.39 is 16.0 Å². The van der Waals surface area contributed by atoms with Crippen molar-refractivity contribution in [3.63, 3.8) is 0 Å². The van der Waals surface area contributed by atoms with Crippen LogP contribution in [0.1, 0.15) is 23.9 Å². The molecule has 1 saturated heterocycles. The Kier molecular flexibility index (Phi) is 4.46. The lowest BCUT2D eigenvalue weighted by Crippen LogP contribution is -2.30. The molecule has 20 heavy (non-hydrogen) atoms. The number of likely N-dealkylation sites (tertiary alicyclic amines) is 1. The Morgan fingerprint density at radius 3 is 2.85 bits per heavy atom. The van der Waals surface area contributed by atoms with Crippen molar-refractivity contribution in [2.24, 2.45) is 5.92 Å². The van der Waals surface area contributed by atoms with Crippen molar-refractivity contribution < 1.29 is 22.7 Å². The van der Waals surface area contributed by atoms with E-state index in [0.29, 0.717) is 6.54 Å². The maximum absolute atomic E-state index is 12.0. The van der Waals surface area contributed by atoms with Crippen LogP contribution >= 0.6 is 0 Å². The van der Waals surface area contributed by atoms with Gasteiger partial charge in [-0.2, -0.15) is 0 Å². The quantitative estimate of drug-likeness (QED) is 0.798. The summed E-state index contributed by atoms with van der Waals surface area (Å²) in [5, 5.41) is 8.35. The molecule has 2 N–H and O–H groups in total. The van der Waals surface area contributed by atoms with Crippen molar-refractivity contribution in [3.05, 3.63) is 17.9 Å². The average molecular weight is 302 g/mol. The van der Waals surface area contributed by atoms with Gasteiger partial charge in [-0.1, -0.05) is 6.92 Å². The third kappa shape index (κ3) is 3.38. The Hall–Kier alpha value is -1.38. The summed E-state index contributed by atoms with van der Waals surface area (Å²) in [5.74, 6) is -1.40. The molecule has 8 heteroatoms. The Morgan fingerprint density at radius 2 is 2.30 bits per heavy atom. The van der Waals surface area contributed by atoms with Crippen LogP contribution in [0, 0.1) is 5.92 Å². The molecule has 1 unspecified atom stereocenters. The second-order valence-electron chi connectivity index (χ2n) is 4.82. The molecule has 1 aliphatic rings. The van der Waals surface area contributed by atoms with E-state index in [2.05, 4.69) is 16.5 Å². The van der Waals surface area contributed by atoms with Crippen LogP contribution in [-0.2, 0) is 10.0 Å². The molecule has 0 amide bonds. The minimum atomic E-state index is -3.78. The second-order valence-corrected chi connectivity index (χ2v) is 6.52. The van der Waals surface area contributed by atoms with Crippen molar-refractivity contribution in [1.82, 2.24) is 9.62 Å². The van der Waals surface area contributed by atoms with E-state index >= 15 is 0 Å². The largest absolute Gasteiger partial charge is 0.475 e. The summed E-state index contributed by atoms with van der Waals surface area (Å²) >= 11 is 0. The first kappa shape index (κ1) is 15.0. The molecule has 1 aromatic rings. The zero-order valence-corrected chi connectivity index (χ0v) is 12.0. The lowest BCUT2D eigenvalue weighted by atomic mass is 10.1. The zero-order chi connectivity index (χ0) is 14.8. The SMILES string of the molecule is CCN1CCC(CNS(=O)(=O)c2ccc(C(=O)O)o2)C1. The first-order valence-electron chi connectivity index (χ1n) is 6.47. The number of rotatable bonds is 6. The number of hydrogen-bond donors (Lipinski definition) is 2. The van der Waals surface area contributed by atoms with Crippen molar-refractivity contribution in [3.8, 4) is 0 Å². The van der Waals surface area contributed by atoms with E-state index in [-0.39, 0.29) is 16.8 Å². The van der Waals surface area contributed by atoms with Crippen LogP contribution in [0.2, 0.25) is 0 Å². The summed E-state index contributed by atoms with van der Waals surface area (Å²) in [6.45, 7) is 5.22. The number of carboxylic acid groups (broad SMARTS) is 1. The molecule has 1 atom stereocenters. The van der Waals surface area contributed by atoms with Crippen LogP contribution in [0.5, 0.6) is 0 Å². The monoisotopic (exact) mass is 302 g/mol. The fourth-order valence-corrected chi connectivity index (χ4v) is 3.29. The molecule has 0 saturated carbocycles. The molecule has 0 aliphatic carbocycles. The normalized spacial score (nSPS) is 20.4. The lowest BCUT2D eigenvalue weighted by Gasteiger charge is -2.13. The molecule has 1 fully saturated rings. The predicted molar refractivity (Wildman–Crippen MR) is 71.1 cm³/mol. The maximum Gasteiger partial charge on any atom is 0.371 e. The Bertz CT molecular complexity index is 580. The summed E-state index contributed by atoms with van der Waals surface area (Å²) < 4.78 is 31.2. The minimum Gasteiger partial charge on any atom is -0.475 e. The zero-order valence-electron chi connectivity index (χ0n) is 11.2. The highest BCUT2D eigenvalue weighted by molar-refractivity contribution is 7.89. The van der Waals surface area contributed by atoms with Crippen LogP contribution in [-0.4, -0.2) is 50.6 Å². The summed E-state index contributed by atoms with van der Waals surface area (Å²) in [6.07, 6.45) is 0.953. The molecule has 0 bridgehead atoms. The van der Waals surface area contributed by atoms with E-state index in [4.69, 9.17) is 9.52 Å². The summed E-state index contributed by atoms with van der Waals surface area (Å²) in [5.41, 5.74) is 0. The highest BCUT2D eigenvalue weighted by atomic mass is 32.2. The van der Waals surface area contributed by atoms with Gasteiger partial charge in [0.05, 0.1) is 0 Å². The number of carbonyl (C=O) groups is 1. The van der Waals surface area contributed by atoms with Gasteiger partial charge in [-0.3, -0.25) is 0 Å². The van der Waals surface area contributed by atoms with Crippen LogP contribution in [0.25, 0.3) is 0 Å². The standard InChI is InChI=1S/C12H18N2O5S/c1-2-14-6-5-9(8-14)7-13-20(17,18)11-4-3-10(19-11)12(15)16/h3-4,9,13H,2,5-8H2,1H3,(H,15,16). The van der Waals surface area contributed by atoms with Gasteiger partial charge in [0.1, 0.15) is 0 Å². The summed E-state index contributed by atoms with van der Waals surface area (Å²) in [6, 6.07) is 2.28. The molecule has 2 heterocycles. The van der Waals surface area contributed by atoms with Crippen LogP contribution < -0.4 is 4.72 Å². The smallest absolute Gasteiger partial charge is 0.371 e. The molecule has 0 radical (unpaired) electrons. The Morgan fingerprint density at radius 1 is 1.55 bits per heavy atom. The van der Waals surface area contributed by atoms with Gasteiger partial charge in [-0.25, -0.2) is 17.9 Å². The number of furan rings is 1. The average Bonchev–Trinajstić information content (AvgIpc) is 3.05. The first-order chi connectivity index (χ1) is 9.42. The van der Waals surface area contributed by atoms with Crippen molar-refractivity contribution >= 4 is 16.0 Å². The highest BCUT2D eigenvalue weighted by Gasteiger charge is 2.25. The molecule has 0 aromatic carbocycles. The van der Waals surface area contributed by atoms with E-state index in [1.807, 2.05) is 0 Å². The van der Waals surface area contributed by atoms with Gasteiger partial charge in [-0.15, -0.1) is 0 Å². The predicted octanol–water partition coefficient (Wildman–Crippen LogP) is 0.598. The van der Waals surface area contributed by atoms with Gasteiger partial charge < -0.3 is 14.4 Å². The molecule has 2 rings (SSSR count). The lowest BCUT2D eigenvalue weighted by molar-refractivity contribution is 0.0656. The maximum atomic E-state index is 12.0. The fraction of sp³-hybridized carbons (Fsp3) is 0.583. The van der Waals surface area contributed by atoms with E-state index in [1.165, 1.54) is 0 Å². The van der Waals surface area contributed by atoms with Gasteiger partial charge in [0.15, 0.2) is 0 Å². The Balaban J connectivity index is 1.95. The van der Waals surface area contributed by atoms with Gasteiger partial charge >= 0.3 is 5.97 Å². The van der Waals surface area contributed by atoms with Crippen LogP contribution in [0.3, 0.4) is 0 Å². The van der Waals surface area contributed by atoms with Crippen molar-refractivity contribution in [2.45, 2.75) is 18.4 Å². The number of nitrogens with zero attached hydrogens (tertiary/aromatic N) is 1. The molecule has 7 nitrogen and oxygen atoms in total. The van der Waals surface area contributed by atoms with Gasteiger partial charge in [0, 0.05) is 13.1 Å². The van der Waals surface area contributed by atoms with E-state index in [1.54, 1.807) is 0 Å².